The number of aliphatic hydroxyl groups excluding tert-OH is 1. The Bertz CT molecular complexity index is 395. The lowest BCUT2D eigenvalue weighted by Crippen LogP contribution is -2.01. The van der Waals surface area contributed by atoms with Crippen molar-refractivity contribution in [1.82, 2.24) is 0 Å². The molecule has 0 aliphatic carbocycles. The Morgan fingerprint density at radius 1 is 1.23 bits per heavy atom. The van der Waals surface area contributed by atoms with Gasteiger partial charge in [-0.3, -0.25) is 4.55 Å². The molecule has 0 bridgehead atoms. The lowest BCUT2D eigenvalue weighted by Gasteiger charge is -2.04. The molecule has 0 atom stereocenters. The molecule has 0 aliphatic rings. The maximum atomic E-state index is 10.6. The van der Waals surface area contributed by atoms with Crippen molar-refractivity contribution < 1.29 is 23.2 Å². The maximum Gasteiger partial charge on any atom is 0.294 e. The van der Waals surface area contributed by atoms with Crippen molar-refractivity contribution in [3.8, 4) is 0 Å². The Morgan fingerprint density at radius 2 is 1.85 bits per heavy atom. The molecule has 0 radical (unpaired) electrons. The zero-order chi connectivity index (χ0) is 10.1. The van der Waals surface area contributed by atoms with Crippen molar-refractivity contribution in [2.75, 3.05) is 0 Å². The second-order valence-electron chi connectivity index (χ2n) is 2.42. The summed E-state index contributed by atoms with van der Waals surface area (Å²) in [6.45, 7) is 0. The van der Waals surface area contributed by atoms with Crippen LogP contribution in [0.25, 0.3) is 0 Å². The Balaban J connectivity index is 3.21. The van der Waals surface area contributed by atoms with E-state index in [1.807, 2.05) is 0 Å². The van der Waals surface area contributed by atoms with Crippen LogP contribution in [-0.4, -0.2) is 23.2 Å². The molecule has 6 heteroatoms. The van der Waals surface area contributed by atoms with E-state index in [4.69, 9.17) is 14.8 Å². The Labute approximate surface area is 75.0 Å². The van der Waals surface area contributed by atoms with Crippen molar-refractivity contribution >= 4 is 10.1 Å². The molecule has 13 heavy (non-hydrogen) atoms. The van der Waals surface area contributed by atoms with E-state index in [0.717, 1.165) is 12.1 Å². The molecule has 0 saturated carbocycles. The highest BCUT2D eigenvalue weighted by atomic mass is 32.2. The quantitative estimate of drug-likeness (QED) is 0.462. The van der Waals surface area contributed by atoms with Crippen LogP contribution < -0.4 is 0 Å². The Morgan fingerprint density at radius 3 is 2.31 bits per heavy atom. The zero-order valence-corrected chi connectivity index (χ0v) is 7.27. The van der Waals surface area contributed by atoms with Gasteiger partial charge in [0, 0.05) is 5.56 Å². The highest BCUT2D eigenvalue weighted by molar-refractivity contribution is 7.85. The molecule has 0 saturated heterocycles. The fraction of sp³-hybridized carbons (Fsp3) is 0.143. The normalized spacial score (nSPS) is 12.0. The third kappa shape index (κ3) is 2.49. The number of aliphatic hydroxyl groups is 2. The van der Waals surface area contributed by atoms with Crippen molar-refractivity contribution in [2.45, 2.75) is 11.2 Å². The van der Waals surface area contributed by atoms with Crippen LogP contribution >= 0.6 is 0 Å². The summed E-state index contributed by atoms with van der Waals surface area (Å²) in [7, 11) is -4.28. The van der Waals surface area contributed by atoms with Gasteiger partial charge >= 0.3 is 0 Å². The first-order valence-corrected chi connectivity index (χ1v) is 4.79. The van der Waals surface area contributed by atoms with Crippen LogP contribution in [-0.2, 0) is 10.1 Å². The number of hydrogen-bond donors (Lipinski definition) is 3. The van der Waals surface area contributed by atoms with Gasteiger partial charge in [0.2, 0.25) is 0 Å². The van der Waals surface area contributed by atoms with E-state index in [1.165, 1.54) is 12.1 Å². The van der Waals surface area contributed by atoms with Crippen LogP contribution in [0.15, 0.2) is 29.2 Å². The van der Waals surface area contributed by atoms with Gasteiger partial charge in [0.1, 0.15) is 0 Å². The predicted molar refractivity (Wildman–Crippen MR) is 43.4 cm³/mol. The fourth-order valence-electron chi connectivity index (χ4n) is 0.836. The van der Waals surface area contributed by atoms with E-state index < -0.39 is 16.4 Å². The number of rotatable bonds is 2. The molecular formula is C7H8O5S. The molecule has 5 nitrogen and oxygen atoms in total. The van der Waals surface area contributed by atoms with Crippen molar-refractivity contribution in [3.05, 3.63) is 29.8 Å². The first-order valence-electron chi connectivity index (χ1n) is 3.35. The largest absolute Gasteiger partial charge is 0.364 e. The van der Waals surface area contributed by atoms with Gasteiger partial charge < -0.3 is 10.2 Å². The zero-order valence-electron chi connectivity index (χ0n) is 6.45. The van der Waals surface area contributed by atoms with Crippen molar-refractivity contribution in [1.29, 1.82) is 0 Å². The van der Waals surface area contributed by atoms with Gasteiger partial charge in [0.25, 0.3) is 10.1 Å². The molecule has 0 heterocycles. The van der Waals surface area contributed by atoms with Gasteiger partial charge in [-0.15, -0.1) is 0 Å². The van der Waals surface area contributed by atoms with E-state index in [0.29, 0.717) is 0 Å². The fourth-order valence-corrected chi connectivity index (χ4v) is 1.37. The molecule has 0 unspecified atom stereocenters. The molecule has 3 N–H and O–H groups in total. The van der Waals surface area contributed by atoms with Crippen LogP contribution in [0.3, 0.4) is 0 Å². The monoisotopic (exact) mass is 204 g/mol. The summed E-state index contributed by atoms with van der Waals surface area (Å²) in [5.41, 5.74) is 0.00938. The molecule has 72 valence electrons. The number of hydrogen-bond acceptors (Lipinski definition) is 4. The lowest BCUT2D eigenvalue weighted by atomic mass is 10.2. The number of benzene rings is 1. The van der Waals surface area contributed by atoms with E-state index in [1.54, 1.807) is 0 Å². The van der Waals surface area contributed by atoms with Crippen LogP contribution in [0.1, 0.15) is 11.9 Å². The predicted octanol–water partition coefficient (Wildman–Crippen LogP) is -0.0835. The second kappa shape index (κ2) is 3.43. The van der Waals surface area contributed by atoms with Crippen LogP contribution in [0.2, 0.25) is 0 Å². The maximum absolute atomic E-state index is 10.6. The minimum Gasteiger partial charge on any atom is -0.364 e. The van der Waals surface area contributed by atoms with Crippen LogP contribution in [0.4, 0.5) is 0 Å². The third-order valence-electron chi connectivity index (χ3n) is 1.45. The smallest absolute Gasteiger partial charge is 0.294 e. The molecule has 0 aliphatic heterocycles. The molecule has 1 rings (SSSR count). The standard InChI is InChI=1S/C7H8O5S/c8-7(9)5-2-1-3-6(4-5)13(10,11)12/h1-4,7-9H,(H,10,11,12). The Hall–Kier alpha value is -0.950. The van der Waals surface area contributed by atoms with E-state index in [9.17, 15) is 8.42 Å². The topological polar surface area (TPSA) is 94.8 Å². The summed E-state index contributed by atoms with van der Waals surface area (Å²) < 4.78 is 29.8. The van der Waals surface area contributed by atoms with Crippen molar-refractivity contribution in [3.63, 3.8) is 0 Å². The summed E-state index contributed by atoms with van der Waals surface area (Å²) >= 11 is 0. The van der Waals surface area contributed by atoms with E-state index in [2.05, 4.69) is 0 Å². The third-order valence-corrected chi connectivity index (χ3v) is 2.30. The summed E-state index contributed by atoms with van der Waals surface area (Å²) in [4.78, 5) is -0.363. The van der Waals surface area contributed by atoms with Crippen LogP contribution in [0.5, 0.6) is 0 Å². The average molecular weight is 204 g/mol. The first-order chi connectivity index (χ1) is 5.91. The van der Waals surface area contributed by atoms with Gasteiger partial charge in [-0.2, -0.15) is 8.42 Å². The minimum atomic E-state index is -4.28. The van der Waals surface area contributed by atoms with Gasteiger partial charge in [-0.25, -0.2) is 0 Å². The highest BCUT2D eigenvalue weighted by Crippen LogP contribution is 2.15. The molecule has 0 aromatic heterocycles. The minimum absolute atomic E-state index is 0.00938. The van der Waals surface area contributed by atoms with Gasteiger partial charge in [-0.05, 0) is 12.1 Å². The van der Waals surface area contributed by atoms with Crippen molar-refractivity contribution in [2.24, 2.45) is 0 Å². The molecule has 1 aromatic carbocycles. The SMILES string of the molecule is O=S(=O)(O)c1cccc(C(O)O)c1. The second-order valence-corrected chi connectivity index (χ2v) is 3.84. The molecule has 0 spiro atoms. The van der Waals surface area contributed by atoms with E-state index in [-0.39, 0.29) is 10.5 Å². The Kier molecular flexibility index (Phi) is 2.67. The van der Waals surface area contributed by atoms with Gasteiger partial charge in [-0.1, -0.05) is 12.1 Å². The summed E-state index contributed by atoms with van der Waals surface area (Å²) in [6.07, 6.45) is -1.75. The molecule has 0 fully saturated rings. The molecular weight excluding hydrogens is 196 g/mol. The van der Waals surface area contributed by atoms with Gasteiger partial charge in [0.05, 0.1) is 4.90 Å². The molecule has 0 amide bonds. The summed E-state index contributed by atoms with van der Waals surface area (Å²) in [5.74, 6) is 0. The summed E-state index contributed by atoms with van der Waals surface area (Å²) in [5, 5.41) is 17.4. The van der Waals surface area contributed by atoms with Gasteiger partial charge in [0.15, 0.2) is 6.29 Å². The first kappa shape index (κ1) is 10.1. The summed E-state index contributed by atoms with van der Waals surface area (Å²) in [6, 6.07) is 4.78. The lowest BCUT2D eigenvalue weighted by molar-refractivity contribution is -0.0426. The van der Waals surface area contributed by atoms with Crippen LogP contribution in [0, 0.1) is 0 Å². The average Bonchev–Trinajstić information content (AvgIpc) is 2.03. The molecule has 1 aromatic rings. The highest BCUT2D eigenvalue weighted by Gasteiger charge is 2.11. The van der Waals surface area contributed by atoms with E-state index >= 15 is 0 Å².